The molecular weight excluding hydrogens is 340 g/mol. The van der Waals surface area contributed by atoms with Crippen LogP contribution in [0.1, 0.15) is 15.9 Å². The molecule has 0 fully saturated rings. The van der Waals surface area contributed by atoms with Crippen LogP contribution in [-0.4, -0.2) is 20.5 Å². The average molecular weight is 353 g/mol. The minimum absolute atomic E-state index is 0.0992. The number of ketones is 1. The number of Topliss-reactive ketones (excluding diaryl/α,β-unsaturated/α-hetero) is 1. The smallest absolute Gasteiger partial charge is 0.175 e. The highest BCUT2D eigenvalue weighted by Gasteiger charge is 2.12. The molecule has 0 amide bonds. The molecule has 0 radical (unpaired) electrons. The second-order valence-corrected chi connectivity index (χ2v) is 7.46. The molecule has 0 unspecified atom stereocenters. The van der Waals surface area contributed by atoms with E-state index in [0.717, 1.165) is 16.3 Å². The predicted molar refractivity (Wildman–Crippen MR) is 81.7 cm³/mol. The van der Waals surface area contributed by atoms with E-state index in [1.807, 2.05) is 24.3 Å². The molecule has 20 heavy (non-hydrogen) atoms. The van der Waals surface area contributed by atoms with E-state index in [1.54, 1.807) is 12.1 Å². The first-order valence-corrected chi connectivity index (χ1v) is 8.62. The molecule has 3 nitrogen and oxygen atoms in total. The number of hydrogen-bond donors (Lipinski definition) is 0. The van der Waals surface area contributed by atoms with E-state index < -0.39 is 9.84 Å². The number of halogens is 1. The maximum Gasteiger partial charge on any atom is 0.175 e. The summed E-state index contributed by atoms with van der Waals surface area (Å²) in [5.41, 5.74) is 1.30. The zero-order valence-corrected chi connectivity index (χ0v) is 13.2. The molecule has 104 valence electrons. The molecule has 0 heterocycles. The maximum absolute atomic E-state index is 12.2. The highest BCUT2D eigenvalue weighted by atomic mass is 79.9. The highest BCUT2D eigenvalue weighted by molar-refractivity contribution is 9.10. The van der Waals surface area contributed by atoms with Crippen LogP contribution in [0.4, 0.5) is 0 Å². The largest absolute Gasteiger partial charge is 0.294 e. The van der Waals surface area contributed by atoms with Gasteiger partial charge < -0.3 is 0 Å². The van der Waals surface area contributed by atoms with Gasteiger partial charge in [-0.2, -0.15) is 0 Å². The molecule has 0 N–H and O–H groups in total. The van der Waals surface area contributed by atoms with Crippen LogP contribution in [-0.2, 0) is 16.3 Å². The van der Waals surface area contributed by atoms with Crippen LogP contribution < -0.4 is 0 Å². The summed E-state index contributed by atoms with van der Waals surface area (Å²) in [6.07, 6.45) is 1.38. The van der Waals surface area contributed by atoms with Crippen molar-refractivity contribution in [3.8, 4) is 0 Å². The Morgan fingerprint density at radius 1 is 1.10 bits per heavy atom. The van der Waals surface area contributed by atoms with Crippen molar-refractivity contribution in [2.75, 3.05) is 6.26 Å². The van der Waals surface area contributed by atoms with E-state index in [4.69, 9.17) is 0 Å². The first-order valence-electron chi connectivity index (χ1n) is 5.94. The van der Waals surface area contributed by atoms with Crippen LogP contribution in [0.15, 0.2) is 57.9 Å². The lowest BCUT2D eigenvalue weighted by atomic mass is 10.0. The van der Waals surface area contributed by atoms with Gasteiger partial charge in [-0.15, -0.1) is 0 Å². The molecule has 0 saturated carbocycles. The fourth-order valence-corrected chi connectivity index (χ4v) is 2.72. The summed E-state index contributed by atoms with van der Waals surface area (Å²) in [6.45, 7) is 0. The predicted octanol–water partition coefficient (Wildman–Crippen LogP) is 3.28. The van der Waals surface area contributed by atoms with Gasteiger partial charge in [0, 0.05) is 22.7 Å². The number of carbonyl (C=O) groups is 1. The van der Waals surface area contributed by atoms with Crippen LogP contribution >= 0.6 is 15.9 Å². The maximum atomic E-state index is 12.2. The SMILES string of the molecule is CS(=O)(=O)c1cccc(C(=O)Cc2ccc(Br)cc2)c1. The second-order valence-electron chi connectivity index (χ2n) is 4.53. The lowest BCUT2D eigenvalue weighted by molar-refractivity contribution is 0.0993. The zero-order valence-electron chi connectivity index (χ0n) is 10.8. The summed E-state index contributed by atoms with van der Waals surface area (Å²) < 4.78 is 23.9. The Hall–Kier alpha value is -1.46. The van der Waals surface area contributed by atoms with Crippen molar-refractivity contribution >= 4 is 31.6 Å². The Kier molecular flexibility index (Phi) is 4.40. The normalized spacial score (nSPS) is 11.3. The van der Waals surface area contributed by atoms with Crippen molar-refractivity contribution in [1.82, 2.24) is 0 Å². The molecule has 0 atom stereocenters. The van der Waals surface area contributed by atoms with E-state index in [1.165, 1.54) is 12.1 Å². The molecule has 2 aromatic carbocycles. The van der Waals surface area contributed by atoms with Crippen molar-refractivity contribution in [2.45, 2.75) is 11.3 Å². The van der Waals surface area contributed by atoms with Gasteiger partial charge in [0.25, 0.3) is 0 Å². The highest BCUT2D eigenvalue weighted by Crippen LogP contribution is 2.15. The third kappa shape index (κ3) is 3.77. The molecule has 2 aromatic rings. The van der Waals surface area contributed by atoms with Crippen LogP contribution in [0, 0.1) is 0 Å². The third-order valence-electron chi connectivity index (χ3n) is 2.86. The Labute approximate surface area is 126 Å². The van der Waals surface area contributed by atoms with Gasteiger partial charge in [0.15, 0.2) is 15.6 Å². The van der Waals surface area contributed by atoms with E-state index in [2.05, 4.69) is 15.9 Å². The lowest BCUT2D eigenvalue weighted by Gasteiger charge is -2.04. The van der Waals surface area contributed by atoms with Gasteiger partial charge in [-0.1, -0.05) is 40.2 Å². The summed E-state index contributed by atoms with van der Waals surface area (Å²) in [4.78, 5) is 12.3. The minimum Gasteiger partial charge on any atom is -0.294 e. The van der Waals surface area contributed by atoms with Crippen LogP contribution in [0.3, 0.4) is 0 Å². The Balaban J connectivity index is 2.23. The molecule has 0 aliphatic carbocycles. The minimum atomic E-state index is -3.30. The van der Waals surface area contributed by atoms with Crippen molar-refractivity contribution in [3.63, 3.8) is 0 Å². The van der Waals surface area contributed by atoms with E-state index in [-0.39, 0.29) is 17.1 Å². The average Bonchev–Trinajstić information content (AvgIpc) is 2.40. The molecule has 0 saturated heterocycles. The monoisotopic (exact) mass is 352 g/mol. The van der Waals surface area contributed by atoms with E-state index in [9.17, 15) is 13.2 Å². The standard InChI is InChI=1S/C15H13BrO3S/c1-20(18,19)14-4-2-3-12(10-14)15(17)9-11-5-7-13(16)8-6-11/h2-8,10H,9H2,1H3. The van der Waals surface area contributed by atoms with E-state index >= 15 is 0 Å². The molecule has 0 aliphatic rings. The second kappa shape index (κ2) is 5.89. The lowest BCUT2D eigenvalue weighted by Crippen LogP contribution is -2.05. The van der Waals surface area contributed by atoms with Gasteiger partial charge in [0.1, 0.15) is 0 Å². The van der Waals surface area contributed by atoms with E-state index in [0.29, 0.717) is 5.56 Å². The Morgan fingerprint density at radius 3 is 2.35 bits per heavy atom. The van der Waals surface area contributed by atoms with Gasteiger partial charge in [0.2, 0.25) is 0 Å². The summed E-state index contributed by atoms with van der Waals surface area (Å²) in [6, 6.07) is 13.6. The fraction of sp³-hybridized carbons (Fsp3) is 0.133. The third-order valence-corrected chi connectivity index (χ3v) is 4.50. The number of sulfone groups is 1. The summed E-state index contributed by atoms with van der Waals surface area (Å²) in [5.74, 6) is -0.0992. The zero-order chi connectivity index (χ0) is 14.8. The first kappa shape index (κ1) is 14.9. The molecule has 5 heteroatoms. The first-order chi connectivity index (χ1) is 9.36. The van der Waals surface area contributed by atoms with Gasteiger partial charge in [-0.3, -0.25) is 4.79 Å². The molecule has 0 bridgehead atoms. The van der Waals surface area contributed by atoms with Gasteiger partial charge in [-0.05, 0) is 29.8 Å². The Morgan fingerprint density at radius 2 is 1.75 bits per heavy atom. The molecule has 0 aliphatic heterocycles. The van der Waals surface area contributed by atoms with Crippen LogP contribution in [0.5, 0.6) is 0 Å². The molecule has 0 spiro atoms. The fourth-order valence-electron chi connectivity index (χ4n) is 1.79. The molecular formula is C15H13BrO3S. The van der Waals surface area contributed by atoms with Crippen molar-refractivity contribution in [3.05, 3.63) is 64.1 Å². The molecule has 0 aromatic heterocycles. The topological polar surface area (TPSA) is 51.2 Å². The van der Waals surface area contributed by atoms with Gasteiger partial charge in [-0.25, -0.2) is 8.42 Å². The van der Waals surface area contributed by atoms with Crippen LogP contribution in [0.2, 0.25) is 0 Å². The summed E-state index contributed by atoms with van der Waals surface area (Å²) in [7, 11) is -3.30. The molecule has 2 rings (SSSR count). The number of carbonyl (C=O) groups excluding carboxylic acids is 1. The number of rotatable bonds is 4. The van der Waals surface area contributed by atoms with Crippen LogP contribution in [0.25, 0.3) is 0 Å². The van der Waals surface area contributed by atoms with Gasteiger partial charge >= 0.3 is 0 Å². The van der Waals surface area contributed by atoms with Gasteiger partial charge in [0.05, 0.1) is 4.90 Å². The van der Waals surface area contributed by atoms with Crippen molar-refractivity contribution < 1.29 is 13.2 Å². The quantitative estimate of drug-likeness (QED) is 0.793. The van der Waals surface area contributed by atoms with Crippen molar-refractivity contribution in [2.24, 2.45) is 0 Å². The Bertz CT molecular complexity index is 734. The summed E-state index contributed by atoms with van der Waals surface area (Å²) >= 11 is 3.34. The summed E-state index contributed by atoms with van der Waals surface area (Å²) in [5, 5.41) is 0. The van der Waals surface area contributed by atoms with Crippen molar-refractivity contribution in [1.29, 1.82) is 0 Å². The number of hydrogen-bond acceptors (Lipinski definition) is 3. The number of benzene rings is 2.